The minimum atomic E-state index is 0.0605. The van der Waals surface area contributed by atoms with Crippen molar-refractivity contribution in [3.63, 3.8) is 0 Å². The van der Waals surface area contributed by atoms with Crippen LogP contribution in [-0.4, -0.2) is 11.5 Å². The van der Waals surface area contributed by atoms with E-state index in [0.29, 0.717) is 0 Å². The molecule has 0 aromatic carbocycles. The molecule has 68 valence electrons. The summed E-state index contributed by atoms with van der Waals surface area (Å²) in [5.74, 6) is 0. The molecule has 12 heavy (non-hydrogen) atoms. The number of nitrogens with two attached hydrogens (primary N) is 1. The third kappa shape index (κ3) is 2.55. The Morgan fingerprint density at radius 3 is 3.00 bits per heavy atom. The molecule has 0 aliphatic heterocycles. The van der Waals surface area contributed by atoms with E-state index in [1.54, 1.807) is 11.3 Å². The van der Waals surface area contributed by atoms with Crippen LogP contribution in [0.2, 0.25) is 0 Å². The summed E-state index contributed by atoms with van der Waals surface area (Å²) < 4.78 is 0. The maximum Gasteiger partial charge on any atom is 0.109 e. The molecule has 0 radical (unpaired) electrons. The largest absolute Gasteiger partial charge is 0.322 e. The van der Waals surface area contributed by atoms with Crippen molar-refractivity contribution in [3.8, 4) is 0 Å². The molecule has 1 atom stereocenters. The van der Waals surface area contributed by atoms with Crippen molar-refractivity contribution in [1.29, 1.82) is 0 Å². The lowest BCUT2D eigenvalue weighted by atomic mass is 10.4. The molecule has 0 aliphatic rings. The molecule has 0 saturated heterocycles. The second-order valence-electron chi connectivity index (χ2n) is 2.75. The lowest BCUT2D eigenvalue weighted by Crippen LogP contribution is -2.12. The summed E-state index contributed by atoms with van der Waals surface area (Å²) in [5.41, 5.74) is 6.78. The average molecular weight is 185 g/mol. The number of hydrogen-bond donors (Lipinski definition) is 2. The second kappa shape index (κ2) is 4.54. The zero-order valence-corrected chi connectivity index (χ0v) is 8.32. The van der Waals surface area contributed by atoms with Crippen LogP contribution in [0, 0.1) is 0 Å². The summed E-state index contributed by atoms with van der Waals surface area (Å²) >= 11 is 1.63. The summed E-state index contributed by atoms with van der Waals surface area (Å²) in [4.78, 5) is 4.38. The molecule has 4 heteroatoms. The predicted molar refractivity (Wildman–Crippen MR) is 52.1 cm³/mol. The SMILES string of the molecule is CCNCc1csc(C(C)N)n1. The smallest absolute Gasteiger partial charge is 0.109 e. The molecule has 1 heterocycles. The Morgan fingerprint density at radius 2 is 2.50 bits per heavy atom. The molecule has 3 nitrogen and oxygen atoms in total. The Labute approximate surface area is 77.0 Å². The standard InChI is InChI=1S/C8H15N3S/c1-3-10-4-7-5-12-8(11-7)6(2)9/h5-6,10H,3-4,9H2,1-2H3. The fraction of sp³-hybridized carbons (Fsp3) is 0.625. The molecular formula is C8H15N3S. The van der Waals surface area contributed by atoms with Crippen LogP contribution in [-0.2, 0) is 6.54 Å². The molecule has 0 aliphatic carbocycles. The van der Waals surface area contributed by atoms with Crippen LogP contribution < -0.4 is 11.1 Å². The molecule has 0 bridgehead atoms. The van der Waals surface area contributed by atoms with E-state index in [0.717, 1.165) is 23.8 Å². The van der Waals surface area contributed by atoms with Crippen molar-refractivity contribution >= 4 is 11.3 Å². The maximum atomic E-state index is 5.68. The molecule has 0 saturated carbocycles. The zero-order chi connectivity index (χ0) is 8.97. The Bertz CT molecular complexity index is 232. The number of aromatic nitrogens is 1. The molecule has 1 aromatic rings. The number of nitrogens with zero attached hydrogens (tertiary/aromatic N) is 1. The normalized spacial score (nSPS) is 13.2. The van der Waals surface area contributed by atoms with E-state index >= 15 is 0 Å². The minimum absolute atomic E-state index is 0.0605. The van der Waals surface area contributed by atoms with Gasteiger partial charge in [0.2, 0.25) is 0 Å². The molecular weight excluding hydrogens is 170 g/mol. The van der Waals surface area contributed by atoms with E-state index in [9.17, 15) is 0 Å². The van der Waals surface area contributed by atoms with E-state index in [1.165, 1.54) is 0 Å². The van der Waals surface area contributed by atoms with Crippen LogP contribution in [0.1, 0.15) is 30.6 Å². The molecule has 0 amide bonds. The number of rotatable bonds is 4. The fourth-order valence-electron chi connectivity index (χ4n) is 0.866. The maximum absolute atomic E-state index is 5.68. The van der Waals surface area contributed by atoms with Crippen molar-refractivity contribution in [2.75, 3.05) is 6.54 Å². The van der Waals surface area contributed by atoms with Crippen molar-refractivity contribution in [2.45, 2.75) is 26.4 Å². The number of thiazole rings is 1. The summed E-state index contributed by atoms with van der Waals surface area (Å²) in [5, 5.41) is 6.29. The third-order valence-corrected chi connectivity index (χ3v) is 2.61. The summed E-state index contributed by atoms with van der Waals surface area (Å²) in [6.45, 7) is 5.86. The number of hydrogen-bond acceptors (Lipinski definition) is 4. The topological polar surface area (TPSA) is 50.9 Å². The predicted octanol–water partition coefficient (Wildman–Crippen LogP) is 1.27. The van der Waals surface area contributed by atoms with E-state index in [-0.39, 0.29) is 6.04 Å². The van der Waals surface area contributed by atoms with Crippen LogP contribution in [0.5, 0.6) is 0 Å². The lowest BCUT2D eigenvalue weighted by Gasteiger charge is -1.98. The van der Waals surface area contributed by atoms with Gasteiger partial charge in [-0.05, 0) is 13.5 Å². The van der Waals surface area contributed by atoms with Crippen LogP contribution in [0.15, 0.2) is 5.38 Å². The van der Waals surface area contributed by atoms with Crippen molar-refractivity contribution in [2.24, 2.45) is 5.73 Å². The van der Waals surface area contributed by atoms with Gasteiger partial charge in [0.05, 0.1) is 11.7 Å². The highest BCUT2D eigenvalue weighted by atomic mass is 32.1. The summed E-state index contributed by atoms with van der Waals surface area (Å²) in [7, 11) is 0. The first-order chi connectivity index (χ1) is 5.74. The molecule has 0 fully saturated rings. The van der Waals surface area contributed by atoms with Crippen LogP contribution in [0.25, 0.3) is 0 Å². The summed E-state index contributed by atoms with van der Waals surface area (Å²) in [6, 6.07) is 0.0605. The molecule has 1 aromatic heterocycles. The Hall–Kier alpha value is -0.450. The van der Waals surface area contributed by atoms with Crippen molar-refractivity contribution in [3.05, 3.63) is 16.1 Å². The monoisotopic (exact) mass is 185 g/mol. The lowest BCUT2D eigenvalue weighted by molar-refractivity contribution is 0.705. The van der Waals surface area contributed by atoms with Gasteiger partial charge in [-0.25, -0.2) is 4.98 Å². The number of nitrogens with one attached hydrogen (secondary N) is 1. The van der Waals surface area contributed by atoms with E-state index in [4.69, 9.17) is 5.73 Å². The van der Waals surface area contributed by atoms with Gasteiger partial charge in [0, 0.05) is 11.9 Å². The van der Waals surface area contributed by atoms with Crippen LogP contribution in [0.3, 0.4) is 0 Å². The van der Waals surface area contributed by atoms with Gasteiger partial charge < -0.3 is 11.1 Å². The van der Waals surface area contributed by atoms with Gasteiger partial charge >= 0.3 is 0 Å². The van der Waals surface area contributed by atoms with Gasteiger partial charge in [-0.1, -0.05) is 6.92 Å². The highest BCUT2D eigenvalue weighted by molar-refractivity contribution is 7.09. The molecule has 0 spiro atoms. The quantitative estimate of drug-likeness (QED) is 0.742. The van der Waals surface area contributed by atoms with E-state index < -0.39 is 0 Å². The Kier molecular flexibility index (Phi) is 3.65. The highest BCUT2D eigenvalue weighted by Crippen LogP contribution is 2.15. The third-order valence-electron chi connectivity index (χ3n) is 1.52. The first-order valence-corrected chi connectivity index (χ1v) is 5.02. The second-order valence-corrected chi connectivity index (χ2v) is 3.64. The van der Waals surface area contributed by atoms with Crippen LogP contribution in [0.4, 0.5) is 0 Å². The van der Waals surface area contributed by atoms with Crippen LogP contribution >= 0.6 is 11.3 Å². The first-order valence-electron chi connectivity index (χ1n) is 4.14. The van der Waals surface area contributed by atoms with Crippen molar-refractivity contribution < 1.29 is 0 Å². The van der Waals surface area contributed by atoms with Gasteiger partial charge in [-0.3, -0.25) is 0 Å². The summed E-state index contributed by atoms with van der Waals surface area (Å²) in [6.07, 6.45) is 0. The highest BCUT2D eigenvalue weighted by Gasteiger charge is 2.04. The molecule has 1 rings (SSSR count). The van der Waals surface area contributed by atoms with Gasteiger partial charge in [-0.2, -0.15) is 0 Å². The zero-order valence-electron chi connectivity index (χ0n) is 7.50. The Balaban J connectivity index is 2.52. The van der Waals surface area contributed by atoms with Gasteiger partial charge in [-0.15, -0.1) is 11.3 Å². The van der Waals surface area contributed by atoms with E-state index in [1.807, 2.05) is 6.92 Å². The minimum Gasteiger partial charge on any atom is -0.322 e. The molecule has 3 N–H and O–H groups in total. The Morgan fingerprint density at radius 1 is 1.75 bits per heavy atom. The molecule has 1 unspecified atom stereocenters. The average Bonchev–Trinajstić information content (AvgIpc) is 2.48. The van der Waals surface area contributed by atoms with E-state index in [2.05, 4.69) is 22.6 Å². The van der Waals surface area contributed by atoms with Crippen molar-refractivity contribution in [1.82, 2.24) is 10.3 Å². The van der Waals surface area contributed by atoms with Gasteiger partial charge in [0.1, 0.15) is 5.01 Å². The van der Waals surface area contributed by atoms with Gasteiger partial charge in [0.15, 0.2) is 0 Å². The first kappa shape index (κ1) is 9.64. The fourth-order valence-corrected chi connectivity index (χ4v) is 1.64. The van der Waals surface area contributed by atoms with Gasteiger partial charge in [0.25, 0.3) is 0 Å².